The third-order valence-electron chi connectivity index (χ3n) is 4.79. The lowest BCUT2D eigenvalue weighted by Gasteiger charge is -2.24. The Kier molecular flexibility index (Phi) is 5.48. The molecule has 1 saturated heterocycles. The summed E-state index contributed by atoms with van der Waals surface area (Å²) in [5.74, 6) is 0.649. The molecular weight excluding hydrogens is 404 g/mol. The second kappa shape index (κ2) is 8.03. The van der Waals surface area contributed by atoms with Gasteiger partial charge in [-0.1, -0.05) is 23.2 Å². The molecule has 0 radical (unpaired) electrons. The Bertz CT molecular complexity index is 1030. The Hall–Kier alpha value is -2.22. The second-order valence-electron chi connectivity index (χ2n) is 6.56. The van der Waals surface area contributed by atoms with Crippen LogP contribution in [0.5, 0.6) is 5.75 Å². The number of halogens is 3. The highest BCUT2D eigenvalue weighted by molar-refractivity contribution is 6.42. The summed E-state index contributed by atoms with van der Waals surface area (Å²) in [5, 5.41) is 6.35. The van der Waals surface area contributed by atoms with Crippen molar-refractivity contribution in [2.75, 3.05) is 25.5 Å². The fourth-order valence-electron chi connectivity index (χ4n) is 3.36. The topological polar surface area (TPSA) is 72.0 Å². The summed E-state index contributed by atoms with van der Waals surface area (Å²) in [6.45, 7) is 1.83. The molecule has 146 valence electrons. The first kappa shape index (κ1) is 19.1. The smallest absolute Gasteiger partial charge is 0.166 e. The van der Waals surface area contributed by atoms with Gasteiger partial charge in [0.05, 0.1) is 34.1 Å². The summed E-state index contributed by atoms with van der Waals surface area (Å²) in [6.07, 6.45) is 3.47. The number of methoxy groups -OCH3 is 1. The van der Waals surface area contributed by atoms with E-state index >= 15 is 0 Å². The average molecular weight is 422 g/mol. The van der Waals surface area contributed by atoms with Gasteiger partial charge in [0, 0.05) is 18.5 Å². The number of ether oxygens (including phenoxy) is 1. The Morgan fingerprint density at radius 1 is 1.29 bits per heavy atom. The molecule has 6 nitrogen and oxygen atoms in total. The number of piperidine rings is 1. The zero-order valence-electron chi connectivity index (χ0n) is 15.1. The molecule has 9 heteroatoms. The van der Waals surface area contributed by atoms with E-state index < -0.39 is 5.82 Å². The quantitative estimate of drug-likeness (QED) is 0.595. The molecule has 1 atom stereocenters. The van der Waals surface area contributed by atoms with Crippen molar-refractivity contribution in [2.24, 2.45) is 0 Å². The molecule has 3 heterocycles. The first-order chi connectivity index (χ1) is 13.6. The number of benzene rings is 1. The molecule has 0 bridgehead atoms. The first-order valence-electron chi connectivity index (χ1n) is 8.89. The molecule has 0 spiro atoms. The van der Waals surface area contributed by atoms with E-state index in [0.717, 1.165) is 31.6 Å². The Labute approximate surface area is 171 Å². The van der Waals surface area contributed by atoms with Gasteiger partial charge in [-0.3, -0.25) is 0 Å². The van der Waals surface area contributed by atoms with Gasteiger partial charge in [0.25, 0.3) is 0 Å². The molecule has 2 aromatic heterocycles. The largest absolute Gasteiger partial charge is 0.495 e. The van der Waals surface area contributed by atoms with Crippen LogP contribution in [-0.4, -0.2) is 35.2 Å². The number of hydrogen-bond acceptors (Lipinski definition) is 6. The summed E-state index contributed by atoms with van der Waals surface area (Å²) in [4.78, 5) is 13.3. The van der Waals surface area contributed by atoms with Crippen LogP contribution in [0.1, 0.15) is 24.5 Å². The van der Waals surface area contributed by atoms with Gasteiger partial charge in [-0.25, -0.2) is 19.3 Å². The van der Waals surface area contributed by atoms with Gasteiger partial charge in [-0.05, 0) is 31.5 Å². The minimum atomic E-state index is -0.647. The van der Waals surface area contributed by atoms with E-state index in [9.17, 15) is 4.39 Å². The van der Waals surface area contributed by atoms with Gasteiger partial charge in [0.15, 0.2) is 11.6 Å². The highest BCUT2D eigenvalue weighted by Gasteiger charge is 2.23. The van der Waals surface area contributed by atoms with Crippen LogP contribution in [0.2, 0.25) is 10.0 Å². The third kappa shape index (κ3) is 3.57. The Morgan fingerprint density at radius 3 is 2.89 bits per heavy atom. The fourth-order valence-corrected chi connectivity index (χ4v) is 3.68. The van der Waals surface area contributed by atoms with Crippen LogP contribution in [-0.2, 0) is 0 Å². The molecule has 0 unspecified atom stereocenters. The zero-order valence-corrected chi connectivity index (χ0v) is 16.6. The van der Waals surface area contributed by atoms with Crippen molar-refractivity contribution in [3.8, 4) is 5.75 Å². The zero-order chi connectivity index (χ0) is 19.7. The van der Waals surface area contributed by atoms with E-state index in [0.29, 0.717) is 22.6 Å². The van der Waals surface area contributed by atoms with Crippen LogP contribution in [0.25, 0.3) is 11.0 Å². The molecule has 0 aliphatic carbocycles. The lowest BCUT2D eigenvalue weighted by atomic mass is 9.95. The van der Waals surface area contributed by atoms with Gasteiger partial charge < -0.3 is 15.4 Å². The van der Waals surface area contributed by atoms with Crippen LogP contribution in [0.15, 0.2) is 24.5 Å². The SMILES string of the molecule is COc1cc2ncnc(Nc3ccc(Cl)c(Cl)c3F)c2nc1[C@H]1CCCNC1. The van der Waals surface area contributed by atoms with Crippen LogP contribution in [0.3, 0.4) is 0 Å². The van der Waals surface area contributed by atoms with Crippen molar-refractivity contribution in [2.45, 2.75) is 18.8 Å². The van der Waals surface area contributed by atoms with Crippen molar-refractivity contribution in [3.63, 3.8) is 0 Å². The number of hydrogen-bond donors (Lipinski definition) is 2. The van der Waals surface area contributed by atoms with E-state index in [4.69, 9.17) is 32.9 Å². The second-order valence-corrected chi connectivity index (χ2v) is 7.34. The predicted octanol–water partition coefficient (Wildman–Crippen LogP) is 4.69. The van der Waals surface area contributed by atoms with E-state index in [-0.39, 0.29) is 21.7 Å². The lowest BCUT2D eigenvalue weighted by Crippen LogP contribution is -2.29. The molecular formula is C19H18Cl2FN5O. The summed E-state index contributed by atoms with van der Waals surface area (Å²) in [7, 11) is 1.62. The van der Waals surface area contributed by atoms with Crippen LogP contribution in [0.4, 0.5) is 15.9 Å². The Balaban J connectivity index is 1.80. The molecule has 1 aliphatic heterocycles. The van der Waals surface area contributed by atoms with Gasteiger partial charge in [0.2, 0.25) is 0 Å². The van der Waals surface area contributed by atoms with Gasteiger partial charge in [-0.2, -0.15) is 0 Å². The van der Waals surface area contributed by atoms with E-state index in [1.807, 2.05) is 6.07 Å². The predicted molar refractivity (Wildman–Crippen MR) is 108 cm³/mol. The molecule has 1 fully saturated rings. The minimum absolute atomic E-state index is 0.145. The van der Waals surface area contributed by atoms with Crippen LogP contribution >= 0.6 is 23.2 Å². The highest BCUT2D eigenvalue weighted by atomic mass is 35.5. The van der Waals surface area contributed by atoms with Crippen molar-refractivity contribution in [3.05, 3.63) is 46.1 Å². The maximum atomic E-state index is 14.5. The van der Waals surface area contributed by atoms with Crippen LogP contribution < -0.4 is 15.4 Å². The number of aromatic nitrogens is 3. The van der Waals surface area contributed by atoms with E-state index in [1.54, 1.807) is 7.11 Å². The molecule has 0 saturated carbocycles. The molecule has 28 heavy (non-hydrogen) atoms. The number of rotatable bonds is 4. The van der Waals surface area contributed by atoms with Crippen LogP contribution in [0, 0.1) is 5.82 Å². The lowest BCUT2D eigenvalue weighted by molar-refractivity contribution is 0.387. The maximum Gasteiger partial charge on any atom is 0.166 e. The first-order valence-corrected chi connectivity index (χ1v) is 9.65. The normalized spacial score (nSPS) is 16.9. The monoisotopic (exact) mass is 421 g/mol. The van der Waals surface area contributed by atoms with Gasteiger partial charge >= 0.3 is 0 Å². The molecule has 4 rings (SSSR count). The highest BCUT2D eigenvalue weighted by Crippen LogP contribution is 2.35. The number of nitrogens with one attached hydrogen (secondary N) is 2. The average Bonchev–Trinajstić information content (AvgIpc) is 2.74. The maximum absolute atomic E-state index is 14.5. The number of nitrogens with zero attached hydrogens (tertiary/aromatic N) is 3. The van der Waals surface area contributed by atoms with Crippen molar-refractivity contribution in [1.82, 2.24) is 20.3 Å². The molecule has 2 N–H and O–H groups in total. The third-order valence-corrected chi connectivity index (χ3v) is 5.58. The van der Waals surface area contributed by atoms with E-state index in [2.05, 4.69) is 20.6 Å². The minimum Gasteiger partial charge on any atom is -0.495 e. The summed E-state index contributed by atoms with van der Waals surface area (Å²) >= 11 is 11.8. The van der Waals surface area contributed by atoms with Gasteiger partial charge in [0.1, 0.15) is 17.6 Å². The Morgan fingerprint density at radius 2 is 2.14 bits per heavy atom. The molecule has 3 aromatic rings. The standard InChI is InChI=1S/C19H18Cl2FN5O/c1-28-14-7-13-18(27-17(14)10-3-2-6-23-8-10)19(25-9-24-13)26-12-5-4-11(20)15(21)16(12)22/h4-5,7,9-10,23H,2-3,6,8H2,1H3,(H,24,25,26)/t10-/m0/s1. The summed E-state index contributed by atoms with van der Waals surface area (Å²) in [6, 6.07) is 4.87. The van der Waals surface area contributed by atoms with Crippen molar-refractivity contribution in [1.29, 1.82) is 0 Å². The summed E-state index contributed by atoms with van der Waals surface area (Å²) in [5.41, 5.74) is 2.14. The molecule has 1 aliphatic rings. The van der Waals surface area contributed by atoms with Crippen molar-refractivity contribution < 1.29 is 9.13 Å². The summed E-state index contributed by atoms with van der Waals surface area (Å²) < 4.78 is 20.0. The fraction of sp³-hybridized carbons (Fsp3) is 0.316. The molecule has 0 amide bonds. The number of anilines is 2. The number of pyridine rings is 1. The van der Waals surface area contributed by atoms with Gasteiger partial charge in [-0.15, -0.1) is 0 Å². The van der Waals surface area contributed by atoms with E-state index in [1.165, 1.54) is 18.5 Å². The number of fused-ring (bicyclic) bond motifs is 1. The molecule has 1 aromatic carbocycles. The van der Waals surface area contributed by atoms with Crippen molar-refractivity contribution >= 4 is 45.7 Å².